The molecule has 4 atom stereocenters. The molecule has 2 aromatic carbocycles. The zero-order valence-electron chi connectivity index (χ0n) is 40.2. The SMILES string of the molecule is Cc1ncsc1-c1ccc(CNC(=O)[C@@H]2C[C@@H](O[Si](C)(C)C(C)(C)C)CN2C(=O)[C@@H](NC(=O)CC2CC(C3CCN(C[C@@]4(COCc5ccccc5)CC4(F)F)CC3)C2)C(C)(C)C)cc1. The average molecular weight is 934 g/mol. The van der Waals surface area contributed by atoms with E-state index in [0.717, 1.165) is 66.0 Å². The quantitative estimate of drug-likeness (QED) is 0.130. The number of carbonyl (C=O) groups excluding carboxylic acids is 3. The third-order valence-electron chi connectivity index (χ3n) is 15.2. The Morgan fingerprint density at radius 2 is 1.60 bits per heavy atom. The Bertz CT molecular complexity index is 2110. The van der Waals surface area contributed by atoms with Gasteiger partial charge < -0.3 is 29.6 Å². The van der Waals surface area contributed by atoms with Gasteiger partial charge in [-0.25, -0.2) is 13.8 Å². The van der Waals surface area contributed by atoms with Crippen LogP contribution in [-0.2, 0) is 36.7 Å². The Morgan fingerprint density at radius 1 is 0.938 bits per heavy atom. The molecular weight excluding hydrogens is 861 g/mol. The van der Waals surface area contributed by atoms with Crippen molar-refractivity contribution in [2.75, 3.05) is 32.8 Å². The number of nitrogens with zero attached hydrogens (tertiary/aromatic N) is 3. The third-order valence-corrected chi connectivity index (χ3v) is 20.7. The molecule has 356 valence electrons. The van der Waals surface area contributed by atoms with Gasteiger partial charge in [-0.3, -0.25) is 14.4 Å². The Labute approximate surface area is 391 Å². The molecule has 2 saturated carbocycles. The Kier molecular flexibility index (Phi) is 14.9. The molecule has 2 aliphatic heterocycles. The first kappa shape index (κ1) is 49.3. The number of alkyl halides is 2. The minimum atomic E-state index is -2.69. The number of aromatic nitrogens is 1. The van der Waals surface area contributed by atoms with Gasteiger partial charge >= 0.3 is 0 Å². The van der Waals surface area contributed by atoms with Gasteiger partial charge in [-0.2, -0.15) is 0 Å². The third kappa shape index (κ3) is 11.8. The number of amides is 3. The van der Waals surface area contributed by atoms with Crippen molar-refractivity contribution in [2.24, 2.45) is 28.6 Å². The van der Waals surface area contributed by atoms with Crippen molar-refractivity contribution in [1.82, 2.24) is 25.4 Å². The van der Waals surface area contributed by atoms with E-state index in [1.165, 1.54) is 0 Å². The Hall–Kier alpha value is -3.56. The molecule has 3 amide bonds. The largest absolute Gasteiger partial charge is 0.412 e. The smallest absolute Gasteiger partial charge is 0.258 e. The molecule has 2 N–H and O–H groups in total. The molecule has 3 aromatic rings. The first-order valence-electron chi connectivity index (χ1n) is 23.8. The number of nitrogens with one attached hydrogen (secondary N) is 2. The second kappa shape index (κ2) is 19.6. The van der Waals surface area contributed by atoms with Gasteiger partial charge in [0.1, 0.15) is 12.1 Å². The molecule has 0 bridgehead atoms. The van der Waals surface area contributed by atoms with Gasteiger partial charge in [0, 0.05) is 38.9 Å². The number of thiazole rings is 1. The summed E-state index contributed by atoms with van der Waals surface area (Å²) in [5, 5.41) is 6.20. The van der Waals surface area contributed by atoms with E-state index in [1.54, 1.807) is 16.2 Å². The predicted molar refractivity (Wildman–Crippen MR) is 256 cm³/mol. The van der Waals surface area contributed by atoms with E-state index in [1.807, 2.05) is 87.8 Å². The van der Waals surface area contributed by atoms with Crippen LogP contribution in [0.25, 0.3) is 10.4 Å². The average Bonchev–Trinajstić information content (AvgIpc) is 3.53. The number of rotatable bonds is 17. The highest BCUT2D eigenvalue weighted by Gasteiger charge is 2.71. The number of aryl methyl sites for hydroxylation is 1. The van der Waals surface area contributed by atoms with E-state index in [2.05, 4.69) is 54.4 Å². The summed E-state index contributed by atoms with van der Waals surface area (Å²) in [7, 11) is -2.23. The number of ether oxygens (including phenoxy) is 1. The Balaban J connectivity index is 0.911. The lowest BCUT2D eigenvalue weighted by Crippen LogP contribution is -2.58. The number of piperidine rings is 1. The van der Waals surface area contributed by atoms with Gasteiger partial charge in [0.25, 0.3) is 5.92 Å². The molecule has 65 heavy (non-hydrogen) atoms. The fourth-order valence-electron chi connectivity index (χ4n) is 9.97. The van der Waals surface area contributed by atoms with Crippen LogP contribution >= 0.6 is 11.3 Å². The van der Waals surface area contributed by atoms with Crippen molar-refractivity contribution < 1.29 is 32.3 Å². The van der Waals surface area contributed by atoms with Gasteiger partial charge in [0.15, 0.2) is 8.32 Å². The van der Waals surface area contributed by atoms with Gasteiger partial charge in [-0.15, -0.1) is 11.3 Å². The van der Waals surface area contributed by atoms with Crippen molar-refractivity contribution in [2.45, 2.75) is 149 Å². The van der Waals surface area contributed by atoms with Crippen LogP contribution in [-0.4, -0.2) is 97.7 Å². The van der Waals surface area contributed by atoms with Crippen LogP contribution in [0.15, 0.2) is 60.1 Å². The molecular formula is C51H73F2N5O5SSi. The standard InChI is InChI=1S/C51H73F2N5O5SSi/c1-34-44(64-33-55-34)39-17-15-35(16-18-39)27-54-46(60)42-26-41(63-65(8,9)49(5,6)7)28-58(42)47(61)45(48(2,3)4)56-43(59)25-37-23-40(24-37)38-19-21-57(22-20-38)31-50(30-51(50,52)53)32-62-29-36-13-11-10-12-14-36/h10-18,33,37-38,40-42,45H,19-32H2,1-9H3,(H,54,60)(H,56,59)/t37?,40?,41-,42+,45-,50-/m1/s1. The van der Waals surface area contributed by atoms with Crippen molar-refractivity contribution in [3.05, 3.63) is 76.9 Å². The molecule has 0 spiro atoms. The molecule has 14 heteroatoms. The van der Waals surface area contributed by atoms with Gasteiger partial charge in [0.2, 0.25) is 17.7 Å². The fourth-order valence-corrected chi connectivity index (χ4v) is 12.1. The van der Waals surface area contributed by atoms with Crippen molar-refractivity contribution >= 4 is 37.4 Å². The van der Waals surface area contributed by atoms with Gasteiger partial charge in [0.05, 0.1) is 40.8 Å². The molecule has 3 heterocycles. The lowest BCUT2D eigenvalue weighted by atomic mass is 9.65. The van der Waals surface area contributed by atoms with Gasteiger partial charge in [-0.05, 0) is 104 Å². The van der Waals surface area contributed by atoms with E-state index in [-0.39, 0.29) is 54.4 Å². The number of hydrogen-bond acceptors (Lipinski definition) is 8. The normalized spacial score (nSPS) is 25.5. The maximum atomic E-state index is 14.7. The summed E-state index contributed by atoms with van der Waals surface area (Å²) < 4.78 is 42.1. The maximum absolute atomic E-state index is 14.7. The minimum absolute atomic E-state index is 0.0512. The van der Waals surface area contributed by atoms with Crippen LogP contribution in [0.3, 0.4) is 0 Å². The highest BCUT2D eigenvalue weighted by atomic mass is 32.1. The van der Waals surface area contributed by atoms with Crippen LogP contribution < -0.4 is 10.6 Å². The first-order chi connectivity index (χ1) is 30.5. The summed E-state index contributed by atoms with van der Waals surface area (Å²) in [5.74, 6) is -2.06. The van der Waals surface area contributed by atoms with E-state index in [0.29, 0.717) is 44.4 Å². The summed E-state index contributed by atoms with van der Waals surface area (Å²) in [6.07, 6.45) is 4.17. The molecule has 0 radical (unpaired) electrons. The molecule has 2 saturated heterocycles. The second-order valence-corrected chi connectivity index (χ2v) is 28.0. The lowest BCUT2D eigenvalue weighted by molar-refractivity contribution is -0.144. The van der Waals surface area contributed by atoms with Crippen molar-refractivity contribution in [3.8, 4) is 10.4 Å². The van der Waals surface area contributed by atoms with Crippen molar-refractivity contribution in [3.63, 3.8) is 0 Å². The van der Waals surface area contributed by atoms with Crippen LogP contribution in [0, 0.1) is 35.5 Å². The first-order valence-corrected chi connectivity index (χ1v) is 27.6. The number of carbonyl (C=O) groups is 3. The summed E-state index contributed by atoms with van der Waals surface area (Å²) in [4.78, 5) is 52.0. The number of benzene rings is 2. The summed E-state index contributed by atoms with van der Waals surface area (Å²) in [6.45, 7) is 21.8. The summed E-state index contributed by atoms with van der Waals surface area (Å²) >= 11 is 1.60. The monoisotopic (exact) mass is 934 g/mol. The molecule has 10 nitrogen and oxygen atoms in total. The molecule has 7 rings (SSSR count). The summed E-state index contributed by atoms with van der Waals surface area (Å²) in [6, 6.07) is 16.2. The van der Waals surface area contributed by atoms with Crippen LogP contribution in [0.1, 0.15) is 103 Å². The molecule has 4 aliphatic rings. The number of halogens is 2. The topological polar surface area (TPSA) is 113 Å². The molecule has 2 aliphatic carbocycles. The van der Waals surface area contributed by atoms with E-state index >= 15 is 0 Å². The molecule has 1 aromatic heterocycles. The van der Waals surface area contributed by atoms with E-state index in [4.69, 9.17) is 9.16 Å². The van der Waals surface area contributed by atoms with Crippen LogP contribution in [0.4, 0.5) is 8.78 Å². The molecule has 4 fully saturated rings. The highest BCUT2D eigenvalue weighted by molar-refractivity contribution is 7.13. The summed E-state index contributed by atoms with van der Waals surface area (Å²) in [5.41, 5.74) is 4.13. The number of hydrogen-bond donors (Lipinski definition) is 2. The zero-order chi connectivity index (χ0) is 47.0. The lowest BCUT2D eigenvalue weighted by Gasteiger charge is -2.44. The van der Waals surface area contributed by atoms with E-state index in [9.17, 15) is 23.2 Å². The van der Waals surface area contributed by atoms with E-state index < -0.39 is 37.2 Å². The van der Waals surface area contributed by atoms with Gasteiger partial charge in [-0.1, -0.05) is 96.1 Å². The zero-order valence-corrected chi connectivity index (χ0v) is 42.0. The highest BCUT2D eigenvalue weighted by Crippen LogP contribution is 2.61. The van der Waals surface area contributed by atoms with Crippen LogP contribution in [0.5, 0.6) is 0 Å². The molecule has 0 unspecified atom stereocenters. The number of likely N-dealkylation sites (tertiary alicyclic amines) is 2. The second-order valence-electron chi connectivity index (χ2n) is 22.3. The predicted octanol–water partition coefficient (Wildman–Crippen LogP) is 9.63. The van der Waals surface area contributed by atoms with Crippen molar-refractivity contribution in [1.29, 1.82) is 0 Å². The minimum Gasteiger partial charge on any atom is -0.412 e. The van der Waals surface area contributed by atoms with Crippen LogP contribution in [0.2, 0.25) is 18.1 Å². The Morgan fingerprint density at radius 3 is 2.18 bits per heavy atom. The maximum Gasteiger partial charge on any atom is 0.258 e. The fraction of sp³-hybridized carbons (Fsp3) is 0.647.